The highest BCUT2D eigenvalue weighted by Crippen LogP contribution is 2.24. The van der Waals surface area contributed by atoms with Crippen molar-refractivity contribution < 1.29 is 5.11 Å². The molecule has 0 aliphatic rings. The fourth-order valence-corrected chi connectivity index (χ4v) is 1.27. The summed E-state index contributed by atoms with van der Waals surface area (Å²) in [6, 6.07) is 5.35. The molecule has 0 bridgehead atoms. The van der Waals surface area contributed by atoms with Crippen LogP contribution in [0.25, 0.3) is 0 Å². The van der Waals surface area contributed by atoms with Crippen LogP contribution in [0.2, 0.25) is 10.0 Å². The van der Waals surface area contributed by atoms with Gasteiger partial charge in [0.2, 0.25) is 0 Å². The predicted octanol–water partition coefficient (Wildman–Crippen LogP) is 3.12. The average Bonchev–Trinajstić information content (AvgIpc) is 2.19. The quantitative estimate of drug-likeness (QED) is 0.610. The van der Waals surface area contributed by atoms with Crippen LogP contribution in [0.15, 0.2) is 18.2 Å². The molecule has 0 aromatic heterocycles. The van der Waals surface area contributed by atoms with Gasteiger partial charge in [0.05, 0.1) is 10.0 Å². The predicted molar refractivity (Wildman–Crippen MR) is 59.7 cm³/mol. The van der Waals surface area contributed by atoms with E-state index in [1.54, 1.807) is 6.07 Å². The van der Waals surface area contributed by atoms with Gasteiger partial charge >= 0.3 is 0 Å². The fourth-order valence-electron chi connectivity index (χ4n) is 0.926. The highest BCUT2D eigenvalue weighted by atomic mass is 35.5. The lowest BCUT2D eigenvalue weighted by atomic mass is 10.2. The first-order chi connectivity index (χ1) is 6.75. The van der Waals surface area contributed by atoms with E-state index in [2.05, 4.69) is 11.8 Å². The normalized spacial score (nSPS) is 9.36. The number of hydrogen-bond acceptors (Lipinski definition) is 1. The van der Waals surface area contributed by atoms with E-state index in [0.29, 0.717) is 22.9 Å². The molecule has 0 aliphatic carbocycles. The van der Waals surface area contributed by atoms with Gasteiger partial charge in [0, 0.05) is 18.6 Å². The van der Waals surface area contributed by atoms with Crippen LogP contribution in [0.5, 0.6) is 0 Å². The molecule has 1 nitrogen and oxygen atoms in total. The molecule has 0 fully saturated rings. The third-order valence-electron chi connectivity index (χ3n) is 1.63. The SMILES string of the molecule is OCCCC#Cc1cccc(Cl)c1Cl. The molecule has 0 amide bonds. The Bertz CT molecular complexity index is 363. The van der Waals surface area contributed by atoms with Gasteiger partial charge in [0.1, 0.15) is 0 Å². The minimum absolute atomic E-state index is 0.165. The van der Waals surface area contributed by atoms with Crippen LogP contribution < -0.4 is 0 Å². The zero-order valence-electron chi connectivity index (χ0n) is 7.56. The van der Waals surface area contributed by atoms with Gasteiger partial charge in [-0.3, -0.25) is 0 Å². The lowest BCUT2D eigenvalue weighted by Crippen LogP contribution is -1.80. The van der Waals surface area contributed by atoms with Crippen LogP contribution in [0, 0.1) is 11.8 Å². The smallest absolute Gasteiger partial charge is 0.0748 e. The summed E-state index contributed by atoms with van der Waals surface area (Å²) in [7, 11) is 0. The van der Waals surface area contributed by atoms with Crippen LogP contribution >= 0.6 is 23.2 Å². The van der Waals surface area contributed by atoms with Gasteiger partial charge in [-0.05, 0) is 18.6 Å². The zero-order valence-corrected chi connectivity index (χ0v) is 9.07. The van der Waals surface area contributed by atoms with E-state index < -0.39 is 0 Å². The van der Waals surface area contributed by atoms with Crippen molar-refractivity contribution in [1.29, 1.82) is 0 Å². The molecule has 0 saturated carbocycles. The summed E-state index contributed by atoms with van der Waals surface area (Å²) in [5.74, 6) is 5.83. The topological polar surface area (TPSA) is 20.2 Å². The molecule has 14 heavy (non-hydrogen) atoms. The molecular weight excluding hydrogens is 219 g/mol. The summed E-state index contributed by atoms with van der Waals surface area (Å²) < 4.78 is 0. The Morgan fingerprint density at radius 1 is 1.29 bits per heavy atom. The van der Waals surface area contributed by atoms with Crippen LogP contribution in [-0.4, -0.2) is 11.7 Å². The van der Waals surface area contributed by atoms with Gasteiger partial charge in [0.25, 0.3) is 0 Å². The minimum atomic E-state index is 0.165. The molecule has 1 aromatic carbocycles. The monoisotopic (exact) mass is 228 g/mol. The molecule has 0 unspecified atom stereocenters. The fraction of sp³-hybridized carbons (Fsp3) is 0.273. The maximum Gasteiger partial charge on any atom is 0.0748 e. The highest BCUT2D eigenvalue weighted by Gasteiger charge is 2.00. The van der Waals surface area contributed by atoms with E-state index in [0.717, 1.165) is 5.56 Å². The molecule has 3 heteroatoms. The molecule has 0 aliphatic heterocycles. The van der Waals surface area contributed by atoms with Gasteiger partial charge in [-0.2, -0.15) is 0 Å². The van der Waals surface area contributed by atoms with Crippen molar-refractivity contribution in [2.45, 2.75) is 12.8 Å². The van der Waals surface area contributed by atoms with Crippen molar-refractivity contribution in [2.24, 2.45) is 0 Å². The maximum absolute atomic E-state index is 8.55. The Morgan fingerprint density at radius 3 is 2.79 bits per heavy atom. The van der Waals surface area contributed by atoms with Crippen molar-refractivity contribution in [1.82, 2.24) is 0 Å². The molecule has 74 valence electrons. The van der Waals surface area contributed by atoms with Gasteiger partial charge in [-0.25, -0.2) is 0 Å². The number of halogens is 2. The summed E-state index contributed by atoms with van der Waals surface area (Å²) >= 11 is 11.7. The average molecular weight is 229 g/mol. The van der Waals surface area contributed by atoms with E-state index in [1.165, 1.54) is 0 Å². The van der Waals surface area contributed by atoms with Crippen LogP contribution in [0.4, 0.5) is 0 Å². The van der Waals surface area contributed by atoms with Crippen molar-refractivity contribution >= 4 is 23.2 Å². The standard InChI is InChI=1S/C11H10Cl2O/c12-10-7-4-6-9(11(10)13)5-2-1-3-8-14/h4,6-7,14H,1,3,8H2. The molecule has 1 rings (SSSR count). The van der Waals surface area contributed by atoms with E-state index in [-0.39, 0.29) is 6.61 Å². The number of hydrogen-bond donors (Lipinski definition) is 1. The Labute approximate surface area is 93.7 Å². The van der Waals surface area contributed by atoms with Crippen molar-refractivity contribution in [3.05, 3.63) is 33.8 Å². The second kappa shape index (κ2) is 5.93. The molecule has 1 N–H and O–H groups in total. The van der Waals surface area contributed by atoms with Gasteiger partial charge in [-0.1, -0.05) is 41.1 Å². The summed E-state index contributed by atoms with van der Waals surface area (Å²) in [5.41, 5.74) is 0.733. The lowest BCUT2D eigenvalue weighted by molar-refractivity contribution is 0.290. The van der Waals surface area contributed by atoms with E-state index in [1.807, 2.05) is 12.1 Å². The molecular formula is C11H10Cl2O. The third-order valence-corrected chi connectivity index (χ3v) is 2.45. The second-order valence-corrected chi connectivity index (χ2v) is 3.52. The van der Waals surface area contributed by atoms with Crippen LogP contribution in [-0.2, 0) is 0 Å². The second-order valence-electron chi connectivity index (χ2n) is 2.73. The van der Waals surface area contributed by atoms with E-state index >= 15 is 0 Å². The van der Waals surface area contributed by atoms with E-state index in [4.69, 9.17) is 28.3 Å². The first kappa shape index (κ1) is 11.4. The van der Waals surface area contributed by atoms with Crippen LogP contribution in [0.3, 0.4) is 0 Å². The van der Waals surface area contributed by atoms with Gasteiger partial charge in [0.15, 0.2) is 0 Å². The van der Waals surface area contributed by atoms with Crippen LogP contribution in [0.1, 0.15) is 18.4 Å². The molecule has 0 spiro atoms. The zero-order chi connectivity index (χ0) is 10.4. The molecule has 0 saturated heterocycles. The van der Waals surface area contributed by atoms with Crippen molar-refractivity contribution in [3.63, 3.8) is 0 Å². The summed E-state index contributed by atoms with van der Waals surface area (Å²) in [5, 5.41) is 9.55. The van der Waals surface area contributed by atoms with Gasteiger partial charge < -0.3 is 5.11 Å². The Kier molecular flexibility index (Phi) is 4.82. The third kappa shape index (κ3) is 3.23. The number of unbranched alkanes of at least 4 members (excludes halogenated alkanes) is 1. The highest BCUT2D eigenvalue weighted by molar-refractivity contribution is 6.42. The maximum atomic E-state index is 8.55. The van der Waals surface area contributed by atoms with Gasteiger partial charge in [-0.15, -0.1) is 0 Å². The Balaban J connectivity index is 2.74. The number of aliphatic hydroxyl groups excluding tert-OH is 1. The molecule has 0 atom stereocenters. The lowest BCUT2D eigenvalue weighted by Gasteiger charge is -1.96. The summed E-state index contributed by atoms with van der Waals surface area (Å²) in [6.07, 6.45) is 1.35. The van der Waals surface area contributed by atoms with E-state index in [9.17, 15) is 0 Å². The first-order valence-electron chi connectivity index (χ1n) is 4.29. The number of benzene rings is 1. The number of aliphatic hydroxyl groups is 1. The summed E-state index contributed by atoms with van der Waals surface area (Å²) in [4.78, 5) is 0. The molecule has 1 aromatic rings. The minimum Gasteiger partial charge on any atom is -0.396 e. The Morgan fingerprint density at radius 2 is 2.07 bits per heavy atom. The largest absolute Gasteiger partial charge is 0.396 e. The molecule has 0 radical (unpaired) electrons. The van der Waals surface area contributed by atoms with Crippen molar-refractivity contribution in [3.8, 4) is 11.8 Å². The number of rotatable bonds is 2. The van der Waals surface area contributed by atoms with Crippen molar-refractivity contribution in [2.75, 3.05) is 6.61 Å². The molecule has 0 heterocycles. The Hall–Kier alpha value is -0.680. The first-order valence-corrected chi connectivity index (χ1v) is 5.05. The summed E-state index contributed by atoms with van der Waals surface area (Å²) in [6.45, 7) is 0.165.